The Morgan fingerprint density at radius 1 is 1.53 bits per heavy atom. The molecule has 0 fully saturated rings. The molecule has 2 rings (SSSR count). The number of aromatic amines is 1. The quantitative estimate of drug-likeness (QED) is 0.357. The topological polar surface area (TPSA) is 114 Å². The summed E-state index contributed by atoms with van der Waals surface area (Å²) in [4.78, 5) is 20.7. The minimum Gasteiger partial charge on any atom is -0.369 e. The number of fused-ring (bicyclic) bond motifs is 1. The van der Waals surface area contributed by atoms with E-state index in [0.29, 0.717) is 0 Å². The van der Waals surface area contributed by atoms with Crippen molar-refractivity contribution in [3.8, 4) is 0 Å². The van der Waals surface area contributed by atoms with Crippen molar-refractivity contribution >= 4 is 17.1 Å². The second kappa shape index (κ2) is 3.20. The van der Waals surface area contributed by atoms with Gasteiger partial charge in [0.2, 0.25) is 5.95 Å². The van der Waals surface area contributed by atoms with Crippen LogP contribution in [-0.2, 0) is 0 Å². The van der Waals surface area contributed by atoms with Crippen molar-refractivity contribution in [3.05, 3.63) is 16.4 Å². The lowest BCUT2D eigenvalue weighted by molar-refractivity contribution is 0.496. The van der Waals surface area contributed by atoms with Gasteiger partial charge in [0.25, 0.3) is 5.56 Å². The fourth-order valence-corrected chi connectivity index (χ4v) is 1.17. The van der Waals surface area contributed by atoms with Gasteiger partial charge in [-0.3, -0.25) is 15.3 Å². The molecule has 0 unspecified atom stereocenters. The summed E-state index contributed by atoms with van der Waals surface area (Å²) >= 11 is 0. The lowest BCUT2D eigenvalue weighted by Crippen LogP contribution is -2.28. The van der Waals surface area contributed by atoms with Crippen LogP contribution in [0.15, 0.2) is 4.79 Å². The minimum atomic E-state index is -0.886. The zero-order valence-electron chi connectivity index (χ0n) is 7.71. The predicted molar refractivity (Wildman–Crippen MR) is 50.9 cm³/mol. The molecule has 0 bridgehead atoms. The van der Waals surface area contributed by atoms with E-state index in [0.717, 1.165) is 4.68 Å². The van der Waals surface area contributed by atoms with Gasteiger partial charge in [-0.05, 0) is 0 Å². The van der Waals surface area contributed by atoms with Crippen LogP contribution in [0.3, 0.4) is 0 Å². The highest BCUT2D eigenvalue weighted by Gasteiger charge is 2.14. The van der Waals surface area contributed by atoms with E-state index in [4.69, 9.17) is 5.73 Å². The summed E-state index contributed by atoms with van der Waals surface area (Å²) in [7, 11) is 1.53. The van der Waals surface area contributed by atoms with E-state index >= 15 is 0 Å². The Morgan fingerprint density at radius 3 is 2.93 bits per heavy atom. The van der Waals surface area contributed by atoms with Crippen LogP contribution in [0.25, 0.3) is 11.2 Å². The number of rotatable bonds is 2. The predicted octanol–water partition coefficient (Wildman–Crippen LogP) is -1.48. The smallest absolute Gasteiger partial charge is 0.311 e. The van der Waals surface area contributed by atoms with E-state index in [2.05, 4.69) is 25.9 Å². The van der Waals surface area contributed by atoms with E-state index in [9.17, 15) is 9.18 Å². The number of aromatic nitrogens is 4. The highest BCUT2D eigenvalue weighted by atomic mass is 19.1. The van der Waals surface area contributed by atoms with E-state index in [-0.39, 0.29) is 17.1 Å². The Labute approximate surface area is 82.3 Å². The molecular formula is C6H8FN7O. The molecule has 0 spiro atoms. The number of anilines is 1. The van der Waals surface area contributed by atoms with Gasteiger partial charge in [0, 0.05) is 7.05 Å². The van der Waals surface area contributed by atoms with Crippen molar-refractivity contribution in [2.75, 3.05) is 18.3 Å². The van der Waals surface area contributed by atoms with Crippen molar-refractivity contribution < 1.29 is 4.39 Å². The summed E-state index contributed by atoms with van der Waals surface area (Å²) in [5, 5.41) is 0. The molecule has 8 nitrogen and oxygen atoms in total. The summed E-state index contributed by atoms with van der Waals surface area (Å²) in [6.45, 7) is 0. The zero-order valence-corrected chi connectivity index (χ0v) is 7.71. The summed E-state index contributed by atoms with van der Waals surface area (Å²) in [6, 6.07) is 0. The largest absolute Gasteiger partial charge is 0.369 e. The maximum absolute atomic E-state index is 13.2. The fraction of sp³-hybridized carbons (Fsp3) is 0.167. The SMILES string of the molecule is CNNn1c(F)nc2c(=O)[nH]c(N)nc21. The monoisotopic (exact) mass is 213 g/mol. The Morgan fingerprint density at radius 2 is 2.27 bits per heavy atom. The van der Waals surface area contributed by atoms with Crippen LogP contribution >= 0.6 is 0 Å². The van der Waals surface area contributed by atoms with Gasteiger partial charge in [0.05, 0.1) is 0 Å². The summed E-state index contributed by atoms with van der Waals surface area (Å²) in [5.74, 6) is -0.105. The minimum absolute atomic E-state index is 0.0168. The van der Waals surface area contributed by atoms with Crippen LogP contribution in [0.1, 0.15) is 0 Å². The van der Waals surface area contributed by atoms with E-state index in [1.54, 1.807) is 0 Å². The van der Waals surface area contributed by atoms with E-state index < -0.39 is 11.6 Å². The number of hydrogen-bond acceptors (Lipinski definition) is 6. The van der Waals surface area contributed by atoms with Gasteiger partial charge in [-0.2, -0.15) is 19.0 Å². The molecule has 0 aliphatic heterocycles. The van der Waals surface area contributed by atoms with Gasteiger partial charge in [-0.15, -0.1) is 0 Å². The van der Waals surface area contributed by atoms with Gasteiger partial charge in [0.1, 0.15) is 0 Å². The number of nitrogens with two attached hydrogens (primary N) is 1. The average Bonchev–Trinajstić information content (AvgIpc) is 2.46. The van der Waals surface area contributed by atoms with E-state index in [1.165, 1.54) is 7.05 Å². The second-order valence-corrected chi connectivity index (χ2v) is 2.70. The van der Waals surface area contributed by atoms with Gasteiger partial charge >= 0.3 is 6.08 Å². The molecule has 5 N–H and O–H groups in total. The molecule has 2 aromatic heterocycles. The molecule has 15 heavy (non-hydrogen) atoms. The number of hydrazine groups is 1. The molecule has 0 atom stereocenters. The van der Waals surface area contributed by atoms with E-state index in [1.807, 2.05) is 0 Å². The summed E-state index contributed by atoms with van der Waals surface area (Å²) in [5.41, 5.74) is 9.52. The average molecular weight is 213 g/mol. The van der Waals surface area contributed by atoms with Crippen LogP contribution < -0.4 is 22.3 Å². The maximum atomic E-state index is 13.2. The first-order valence-electron chi connectivity index (χ1n) is 4.00. The number of halogens is 1. The molecule has 0 saturated heterocycles. The fourth-order valence-electron chi connectivity index (χ4n) is 1.17. The molecule has 80 valence electrons. The third kappa shape index (κ3) is 1.38. The normalized spacial score (nSPS) is 10.8. The number of nitrogens with one attached hydrogen (secondary N) is 3. The van der Waals surface area contributed by atoms with Gasteiger partial charge in [0.15, 0.2) is 11.2 Å². The summed E-state index contributed by atoms with van der Waals surface area (Å²) < 4.78 is 14.1. The van der Waals surface area contributed by atoms with Gasteiger partial charge < -0.3 is 5.73 Å². The second-order valence-electron chi connectivity index (χ2n) is 2.70. The number of imidazole rings is 1. The van der Waals surface area contributed by atoms with Gasteiger partial charge in [-0.1, -0.05) is 0 Å². The molecule has 0 saturated carbocycles. The Kier molecular flexibility index (Phi) is 2.01. The van der Waals surface area contributed by atoms with Crippen LogP contribution in [0.4, 0.5) is 10.3 Å². The number of hydrogen-bond donors (Lipinski definition) is 4. The van der Waals surface area contributed by atoms with Crippen LogP contribution in [-0.4, -0.2) is 26.7 Å². The van der Waals surface area contributed by atoms with Crippen molar-refractivity contribution in [2.24, 2.45) is 0 Å². The maximum Gasteiger partial charge on any atom is 0.311 e. The highest BCUT2D eigenvalue weighted by molar-refractivity contribution is 5.70. The Hall–Kier alpha value is -2.16. The van der Waals surface area contributed by atoms with Crippen molar-refractivity contribution in [1.82, 2.24) is 25.1 Å². The third-order valence-corrected chi connectivity index (χ3v) is 1.72. The molecule has 0 aromatic carbocycles. The number of nitrogens with zero attached hydrogens (tertiary/aromatic N) is 3. The Bertz CT molecular complexity index is 558. The molecular weight excluding hydrogens is 205 g/mol. The molecule has 2 heterocycles. The van der Waals surface area contributed by atoms with Crippen molar-refractivity contribution in [3.63, 3.8) is 0 Å². The number of H-pyrrole nitrogens is 1. The first-order valence-corrected chi connectivity index (χ1v) is 4.00. The lowest BCUT2D eigenvalue weighted by atomic mass is 10.5. The third-order valence-electron chi connectivity index (χ3n) is 1.72. The van der Waals surface area contributed by atoms with Crippen LogP contribution in [0.2, 0.25) is 0 Å². The number of nitrogen functional groups attached to an aromatic ring is 1. The molecule has 0 aliphatic rings. The molecule has 9 heteroatoms. The lowest BCUT2D eigenvalue weighted by Gasteiger charge is -2.04. The molecule has 2 aromatic rings. The van der Waals surface area contributed by atoms with Crippen LogP contribution in [0, 0.1) is 6.08 Å². The molecule has 0 radical (unpaired) electrons. The van der Waals surface area contributed by atoms with Crippen molar-refractivity contribution in [2.45, 2.75) is 0 Å². The molecule has 0 aliphatic carbocycles. The zero-order chi connectivity index (χ0) is 11.0. The van der Waals surface area contributed by atoms with Crippen molar-refractivity contribution in [1.29, 1.82) is 0 Å². The first kappa shape index (κ1) is 9.40. The highest BCUT2D eigenvalue weighted by Crippen LogP contribution is 2.07. The first-order chi connectivity index (χ1) is 7.13. The standard InChI is InChI=1S/C6H8FN7O/c1-9-13-14-3-2(10-5(14)7)4(15)12-6(8)11-3/h9,13H,1H3,(H3,8,11,12,15). The summed E-state index contributed by atoms with van der Waals surface area (Å²) in [6.07, 6.45) is -0.886. The Balaban J connectivity index is 2.80. The molecule has 0 amide bonds. The van der Waals surface area contributed by atoms with Gasteiger partial charge in [-0.25, -0.2) is 5.43 Å². The van der Waals surface area contributed by atoms with Crippen LogP contribution in [0.5, 0.6) is 0 Å².